The molecule has 2 nitrogen and oxygen atoms in total. The minimum atomic E-state index is 0. The van der Waals surface area contributed by atoms with Gasteiger partial charge >= 0.3 is 0 Å². The average molecular weight is 255 g/mol. The van der Waals surface area contributed by atoms with Crippen molar-refractivity contribution < 1.29 is 0 Å². The van der Waals surface area contributed by atoms with Crippen molar-refractivity contribution >= 4 is 12.4 Å². The average Bonchev–Trinajstić information content (AvgIpc) is 2.30. The number of aryl methyl sites for hydroxylation is 1. The highest BCUT2D eigenvalue weighted by atomic mass is 35.5. The SMILES string of the molecule is Cc1ncccc1CNC1CCC(C)CC1.Cl. The van der Waals surface area contributed by atoms with Crippen LogP contribution in [0.4, 0.5) is 0 Å². The van der Waals surface area contributed by atoms with E-state index in [4.69, 9.17) is 0 Å². The van der Waals surface area contributed by atoms with E-state index < -0.39 is 0 Å². The lowest BCUT2D eigenvalue weighted by molar-refractivity contribution is 0.306. The number of aromatic nitrogens is 1. The molecule has 0 aliphatic heterocycles. The molecule has 1 aliphatic rings. The predicted octanol–water partition coefficient (Wildman–Crippen LogP) is 3.48. The highest BCUT2D eigenvalue weighted by Gasteiger charge is 2.17. The predicted molar refractivity (Wildman–Crippen MR) is 74.5 cm³/mol. The fourth-order valence-electron chi connectivity index (χ4n) is 2.42. The summed E-state index contributed by atoms with van der Waals surface area (Å²) in [6, 6.07) is 4.91. The third kappa shape index (κ3) is 4.29. The van der Waals surface area contributed by atoms with Crippen LogP contribution in [-0.4, -0.2) is 11.0 Å². The third-order valence-corrected chi connectivity index (χ3v) is 3.71. The van der Waals surface area contributed by atoms with Gasteiger partial charge in [0.1, 0.15) is 0 Å². The van der Waals surface area contributed by atoms with Gasteiger partial charge in [-0.3, -0.25) is 4.98 Å². The molecule has 1 aromatic heterocycles. The van der Waals surface area contributed by atoms with Crippen LogP contribution in [0, 0.1) is 12.8 Å². The summed E-state index contributed by atoms with van der Waals surface area (Å²) in [5.41, 5.74) is 2.49. The molecule has 0 amide bonds. The minimum absolute atomic E-state index is 0. The molecule has 0 aromatic carbocycles. The number of pyridine rings is 1. The topological polar surface area (TPSA) is 24.9 Å². The van der Waals surface area contributed by atoms with E-state index in [1.54, 1.807) is 0 Å². The van der Waals surface area contributed by atoms with E-state index >= 15 is 0 Å². The zero-order valence-electron chi connectivity index (χ0n) is 10.8. The molecule has 2 rings (SSSR count). The maximum Gasteiger partial charge on any atom is 0.0417 e. The molecule has 0 atom stereocenters. The molecule has 1 saturated carbocycles. The zero-order valence-corrected chi connectivity index (χ0v) is 11.6. The van der Waals surface area contributed by atoms with E-state index in [-0.39, 0.29) is 12.4 Å². The fourth-order valence-corrected chi connectivity index (χ4v) is 2.42. The Morgan fingerprint density at radius 2 is 2.00 bits per heavy atom. The first-order valence-corrected chi connectivity index (χ1v) is 6.39. The van der Waals surface area contributed by atoms with E-state index in [0.29, 0.717) is 0 Å². The quantitative estimate of drug-likeness (QED) is 0.893. The highest BCUT2D eigenvalue weighted by Crippen LogP contribution is 2.23. The zero-order chi connectivity index (χ0) is 11.4. The van der Waals surface area contributed by atoms with Crippen molar-refractivity contribution in [3.05, 3.63) is 29.6 Å². The summed E-state index contributed by atoms with van der Waals surface area (Å²) < 4.78 is 0. The molecular formula is C14H23ClN2. The van der Waals surface area contributed by atoms with Crippen molar-refractivity contribution in [1.82, 2.24) is 10.3 Å². The Hall–Kier alpha value is -0.600. The smallest absolute Gasteiger partial charge is 0.0417 e. The van der Waals surface area contributed by atoms with Crippen LogP contribution in [0.1, 0.15) is 43.9 Å². The lowest BCUT2D eigenvalue weighted by Gasteiger charge is -2.27. The van der Waals surface area contributed by atoms with Crippen LogP contribution in [0.5, 0.6) is 0 Å². The van der Waals surface area contributed by atoms with Gasteiger partial charge in [-0.15, -0.1) is 12.4 Å². The second-order valence-electron chi connectivity index (χ2n) is 5.09. The molecule has 1 N–H and O–H groups in total. The Morgan fingerprint density at radius 1 is 1.29 bits per heavy atom. The normalized spacial score (nSPS) is 24.1. The van der Waals surface area contributed by atoms with Crippen molar-refractivity contribution in [2.75, 3.05) is 0 Å². The first-order valence-electron chi connectivity index (χ1n) is 6.39. The number of halogens is 1. The summed E-state index contributed by atoms with van der Waals surface area (Å²) in [6.45, 7) is 5.42. The molecule has 0 spiro atoms. The van der Waals surface area contributed by atoms with Crippen LogP contribution >= 0.6 is 12.4 Å². The van der Waals surface area contributed by atoms with E-state index in [1.165, 1.54) is 31.2 Å². The van der Waals surface area contributed by atoms with Gasteiger partial charge in [0, 0.05) is 24.5 Å². The fraction of sp³-hybridized carbons (Fsp3) is 0.643. The molecule has 1 fully saturated rings. The van der Waals surface area contributed by atoms with Gasteiger partial charge in [-0.05, 0) is 50.2 Å². The van der Waals surface area contributed by atoms with Gasteiger partial charge in [-0.2, -0.15) is 0 Å². The summed E-state index contributed by atoms with van der Waals surface area (Å²) in [6.07, 6.45) is 7.29. The monoisotopic (exact) mass is 254 g/mol. The third-order valence-electron chi connectivity index (χ3n) is 3.71. The number of nitrogens with one attached hydrogen (secondary N) is 1. The van der Waals surface area contributed by atoms with Crippen LogP contribution in [0.2, 0.25) is 0 Å². The molecule has 96 valence electrons. The van der Waals surface area contributed by atoms with E-state index in [9.17, 15) is 0 Å². The van der Waals surface area contributed by atoms with Crippen LogP contribution < -0.4 is 5.32 Å². The lowest BCUT2D eigenvalue weighted by atomic mass is 9.87. The molecule has 0 unspecified atom stereocenters. The Bertz CT molecular complexity index is 333. The Labute approximate surface area is 111 Å². The Morgan fingerprint density at radius 3 is 2.65 bits per heavy atom. The van der Waals surface area contributed by atoms with Crippen molar-refractivity contribution in [3.8, 4) is 0 Å². The molecule has 1 heterocycles. The van der Waals surface area contributed by atoms with Crippen molar-refractivity contribution in [3.63, 3.8) is 0 Å². The largest absolute Gasteiger partial charge is 0.310 e. The second-order valence-corrected chi connectivity index (χ2v) is 5.09. The van der Waals surface area contributed by atoms with Gasteiger partial charge < -0.3 is 5.32 Å². The van der Waals surface area contributed by atoms with Crippen LogP contribution in [-0.2, 0) is 6.54 Å². The maximum atomic E-state index is 4.31. The number of hydrogen-bond donors (Lipinski definition) is 1. The number of nitrogens with zero attached hydrogens (tertiary/aromatic N) is 1. The first kappa shape index (κ1) is 14.5. The summed E-state index contributed by atoms with van der Waals surface area (Å²) in [5, 5.41) is 3.66. The molecule has 0 bridgehead atoms. The van der Waals surface area contributed by atoms with Crippen molar-refractivity contribution in [2.45, 2.75) is 52.1 Å². The van der Waals surface area contributed by atoms with Crippen molar-refractivity contribution in [2.24, 2.45) is 5.92 Å². The first-order chi connectivity index (χ1) is 7.75. The Balaban J connectivity index is 0.00000144. The van der Waals surface area contributed by atoms with Gasteiger partial charge in [-0.1, -0.05) is 13.0 Å². The molecule has 0 radical (unpaired) electrons. The standard InChI is InChI=1S/C14H22N2.ClH/c1-11-5-7-14(8-6-11)16-10-13-4-3-9-15-12(13)2;/h3-4,9,11,14,16H,5-8,10H2,1-2H3;1H. The summed E-state index contributed by atoms with van der Waals surface area (Å²) >= 11 is 0. The minimum Gasteiger partial charge on any atom is -0.310 e. The molecule has 1 aromatic rings. The molecule has 3 heteroatoms. The summed E-state index contributed by atoms with van der Waals surface area (Å²) in [4.78, 5) is 4.31. The molecule has 1 aliphatic carbocycles. The highest BCUT2D eigenvalue weighted by molar-refractivity contribution is 5.85. The van der Waals surface area contributed by atoms with Crippen LogP contribution in [0.25, 0.3) is 0 Å². The van der Waals surface area contributed by atoms with Gasteiger partial charge in [0.05, 0.1) is 0 Å². The molecule has 0 saturated heterocycles. The van der Waals surface area contributed by atoms with Gasteiger partial charge in [0.2, 0.25) is 0 Å². The number of hydrogen-bond acceptors (Lipinski definition) is 2. The van der Waals surface area contributed by atoms with Crippen molar-refractivity contribution in [1.29, 1.82) is 0 Å². The van der Waals surface area contributed by atoms with E-state index in [2.05, 4.69) is 30.2 Å². The van der Waals surface area contributed by atoms with Gasteiger partial charge in [0.25, 0.3) is 0 Å². The van der Waals surface area contributed by atoms with E-state index in [0.717, 1.165) is 24.2 Å². The molecule has 17 heavy (non-hydrogen) atoms. The lowest BCUT2D eigenvalue weighted by Crippen LogP contribution is -2.32. The van der Waals surface area contributed by atoms with Gasteiger partial charge in [-0.25, -0.2) is 0 Å². The van der Waals surface area contributed by atoms with E-state index in [1.807, 2.05) is 12.3 Å². The number of rotatable bonds is 3. The maximum absolute atomic E-state index is 4.31. The van der Waals surface area contributed by atoms with Crippen LogP contribution in [0.15, 0.2) is 18.3 Å². The summed E-state index contributed by atoms with van der Waals surface area (Å²) in [7, 11) is 0. The molecular weight excluding hydrogens is 232 g/mol. The summed E-state index contributed by atoms with van der Waals surface area (Å²) in [5.74, 6) is 0.929. The van der Waals surface area contributed by atoms with Crippen LogP contribution in [0.3, 0.4) is 0 Å². The van der Waals surface area contributed by atoms with Gasteiger partial charge in [0.15, 0.2) is 0 Å². The Kier molecular flexibility index (Phi) is 5.93. The second kappa shape index (κ2) is 6.97.